The van der Waals surface area contributed by atoms with Crippen molar-refractivity contribution in [2.24, 2.45) is 0 Å². The number of hydrogen-bond acceptors (Lipinski definition) is 18. The Labute approximate surface area is 472 Å². The molecule has 0 spiro atoms. The van der Waals surface area contributed by atoms with Crippen LogP contribution in [0.25, 0.3) is 10.2 Å². The average molecular weight is 1170 g/mol. The molecule has 0 aliphatic heterocycles. The van der Waals surface area contributed by atoms with Crippen LogP contribution in [0.2, 0.25) is 0 Å². The van der Waals surface area contributed by atoms with Gasteiger partial charge < -0.3 is 43.6 Å². The second-order valence-corrected chi connectivity index (χ2v) is 23.0. The number of nitrogens with one attached hydrogen (secondary N) is 2. The number of aryl methyl sites for hydroxylation is 1. The molecule has 0 aliphatic carbocycles. The number of sulfonamides is 1. The van der Waals surface area contributed by atoms with Crippen LogP contribution in [0.1, 0.15) is 40.4 Å². The predicted octanol–water partition coefficient (Wildman–Crippen LogP) is 7.06. The lowest BCUT2D eigenvalue weighted by Gasteiger charge is -2.36. The molecule has 8 rings (SSSR count). The number of benzene rings is 6. The summed E-state index contributed by atoms with van der Waals surface area (Å²) in [6, 6.07) is 42.0. The lowest BCUT2D eigenvalue weighted by atomic mass is 9.78. The Morgan fingerprint density at radius 2 is 1.28 bits per heavy atom. The molecule has 426 valence electrons. The van der Waals surface area contributed by atoms with E-state index in [0.717, 1.165) is 16.9 Å². The Morgan fingerprint density at radius 3 is 1.94 bits per heavy atom. The topological polar surface area (TPSA) is 264 Å². The molecule has 81 heavy (non-hydrogen) atoms. The van der Waals surface area contributed by atoms with Gasteiger partial charge in [0.1, 0.15) is 54.0 Å². The number of hydrogen-bond donors (Lipinski definition) is 3. The van der Waals surface area contributed by atoms with E-state index in [9.17, 15) is 31.5 Å². The maximum absolute atomic E-state index is 14.6. The van der Waals surface area contributed by atoms with Gasteiger partial charge >= 0.3 is 5.97 Å². The summed E-state index contributed by atoms with van der Waals surface area (Å²) < 4.78 is 103. The van der Waals surface area contributed by atoms with Gasteiger partial charge in [-0.2, -0.15) is 13.1 Å². The SMILES string of the molecule is COc1ccc(C(NS(=O)(=O)c2nc3ccc(OCc4cn(CC(=O)N[C@@](C)(COCc5cccc(OCCOCCOCCOS(=O)(=O)c6ccc(C)cc6)c5)C(=O)O)nn4)cc3s2)(c2ccccc2)c2ccc(OC)cc2)cc1. The van der Waals surface area contributed by atoms with Crippen LogP contribution in [0.5, 0.6) is 23.0 Å². The van der Waals surface area contributed by atoms with E-state index in [1.807, 2.05) is 61.5 Å². The normalized spacial score (nSPS) is 12.6. The zero-order valence-electron chi connectivity index (χ0n) is 44.7. The highest BCUT2D eigenvalue weighted by Crippen LogP contribution is 2.41. The highest BCUT2D eigenvalue weighted by atomic mass is 32.2. The third-order valence-electron chi connectivity index (χ3n) is 12.5. The van der Waals surface area contributed by atoms with Crippen LogP contribution < -0.4 is 29.0 Å². The van der Waals surface area contributed by atoms with Crippen molar-refractivity contribution < 1.29 is 68.9 Å². The summed E-state index contributed by atoms with van der Waals surface area (Å²) in [5, 5.41) is 20.8. The van der Waals surface area contributed by atoms with Crippen LogP contribution in [0, 0.1) is 6.92 Å². The Morgan fingerprint density at radius 1 is 0.667 bits per heavy atom. The fourth-order valence-corrected chi connectivity index (χ4v) is 11.8. The zero-order chi connectivity index (χ0) is 57.5. The summed E-state index contributed by atoms with van der Waals surface area (Å²) in [6.45, 7) is 3.32. The van der Waals surface area contributed by atoms with Gasteiger partial charge in [-0.15, -0.1) is 16.4 Å². The van der Waals surface area contributed by atoms with Crippen LogP contribution in [0.15, 0.2) is 161 Å². The monoisotopic (exact) mass is 1160 g/mol. The largest absolute Gasteiger partial charge is 0.497 e. The van der Waals surface area contributed by atoms with E-state index in [-0.39, 0.29) is 75.2 Å². The fraction of sp³-hybridized carbons (Fsp3) is 0.281. The minimum atomic E-state index is -4.34. The van der Waals surface area contributed by atoms with Crippen molar-refractivity contribution in [2.75, 3.05) is 60.5 Å². The second kappa shape index (κ2) is 27.1. The lowest BCUT2D eigenvalue weighted by Crippen LogP contribution is -2.56. The van der Waals surface area contributed by atoms with Crippen LogP contribution in [-0.2, 0) is 73.4 Å². The van der Waals surface area contributed by atoms with Gasteiger partial charge in [0, 0.05) is 0 Å². The van der Waals surface area contributed by atoms with Crippen molar-refractivity contribution in [1.82, 2.24) is 30.0 Å². The minimum Gasteiger partial charge on any atom is -0.497 e. The number of nitrogens with zero attached hydrogens (tertiary/aromatic N) is 4. The molecule has 0 saturated heterocycles. The number of rotatable bonds is 31. The Bertz CT molecular complexity index is 3560. The van der Waals surface area contributed by atoms with Crippen molar-refractivity contribution in [1.29, 1.82) is 0 Å². The zero-order valence-corrected chi connectivity index (χ0v) is 47.1. The van der Waals surface area contributed by atoms with E-state index >= 15 is 0 Å². The molecule has 1 amide bonds. The number of carboxylic acid groups (broad SMARTS) is 1. The van der Waals surface area contributed by atoms with Crippen LogP contribution >= 0.6 is 11.3 Å². The molecule has 0 bridgehead atoms. The van der Waals surface area contributed by atoms with E-state index in [0.29, 0.717) is 61.2 Å². The van der Waals surface area contributed by atoms with Gasteiger partial charge in [0.2, 0.25) is 10.2 Å². The molecule has 6 aromatic carbocycles. The van der Waals surface area contributed by atoms with Crippen molar-refractivity contribution in [3.63, 3.8) is 0 Å². The molecule has 1 atom stereocenters. The Hall–Kier alpha value is -7.81. The first-order valence-electron chi connectivity index (χ1n) is 25.2. The number of aromatic nitrogens is 4. The molecule has 0 unspecified atom stereocenters. The number of carbonyl (C=O) groups excluding carboxylic acids is 1. The standard InChI is InChI=1S/C57H60N6O15S3/c1-40-13-24-50(25-14-40)81(69,70)78-32-30-74-28-27-73-29-31-76-48-12-8-9-41(33-48)37-75-39-56(2,54(65)66)59-53(64)36-63-35-45(60-62-63)38-77-49-23-26-51-52(34-49)79-55(58-51)80(67,68)61-57(42-10-6-5-7-11-42,43-15-19-46(71-3)20-16-43)44-17-21-47(72-4)22-18-44/h5-26,33-35,61H,27-32,36-39H2,1-4H3,(H,59,64)(H,65,66)/t56-/m0/s1. The number of ether oxygens (including phenoxy) is 7. The highest BCUT2D eigenvalue weighted by molar-refractivity contribution is 7.91. The van der Waals surface area contributed by atoms with Crippen molar-refractivity contribution in [2.45, 2.75) is 53.9 Å². The Kier molecular flexibility index (Phi) is 19.8. The average Bonchev–Trinajstić information content (AvgIpc) is 4.27. The van der Waals surface area contributed by atoms with Crippen molar-refractivity contribution in [3.8, 4) is 23.0 Å². The number of aliphatic carboxylic acids is 1. The van der Waals surface area contributed by atoms with Gasteiger partial charge in [0.05, 0.1) is 81.8 Å². The molecule has 0 saturated carbocycles. The van der Waals surface area contributed by atoms with Gasteiger partial charge in [0.15, 0.2) is 5.54 Å². The summed E-state index contributed by atoms with van der Waals surface area (Å²) in [5.74, 6) is 0.151. The summed E-state index contributed by atoms with van der Waals surface area (Å²) in [5.41, 5.74) is 1.12. The van der Waals surface area contributed by atoms with Gasteiger partial charge in [-0.25, -0.2) is 22.9 Å². The molecule has 0 aliphatic rings. The van der Waals surface area contributed by atoms with Crippen molar-refractivity contribution >= 4 is 53.6 Å². The van der Waals surface area contributed by atoms with E-state index < -0.39 is 43.1 Å². The van der Waals surface area contributed by atoms with Gasteiger partial charge in [-0.1, -0.05) is 89.6 Å². The third-order valence-corrected chi connectivity index (χ3v) is 16.7. The summed E-state index contributed by atoms with van der Waals surface area (Å²) in [4.78, 5) is 30.2. The highest BCUT2D eigenvalue weighted by Gasteiger charge is 2.42. The molecule has 21 nitrogen and oxygen atoms in total. The van der Waals surface area contributed by atoms with E-state index in [1.54, 1.807) is 93.1 Å². The summed E-state index contributed by atoms with van der Waals surface area (Å²) in [6.07, 6.45) is 1.49. The van der Waals surface area contributed by atoms with E-state index in [4.69, 9.17) is 37.3 Å². The minimum absolute atomic E-state index is 0.0196. The smallest absolute Gasteiger partial charge is 0.331 e. The van der Waals surface area contributed by atoms with E-state index in [2.05, 4.69) is 25.3 Å². The molecule has 3 N–H and O–H groups in total. The molecule has 2 aromatic heterocycles. The molecular formula is C57H60N6O15S3. The quantitative estimate of drug-likeness (QED) is 0.0223. The lowest BCUT2D eigenvalue weighted by molar-refractivity contribution is -0.150. The van der Waals surface area contributed by atoms with E-state index in [1.165, 1.54) is 29.9 Å². The fourth-order valence-electron chi connectivity index (χ4n) is 8.28. The number of methoxy groups -OCH3 is 2. The number of amides is 1. The summed E-state index contributed by atoms with van der Waals surface area (Å²) in [7, 11) is -5.09. The van der Waals surface area contributed by atoms with Crippen LogP contribution in [-0.4, -0.2) is 120 Å². The first kappa shape index (κ1) is 59.3. The number of thiazole rings is 1. The van der Waals surface area contributed by atoms with Crippen molar-refractivity contribution in [3.05, 3.63) is 185 Å². The predicted molar refractivity (Wildman–Crippen MR) is 298 cm³/mol. The molecule has 0 radical (unpaired) electrons. The number of carboxylic acids is 1. The number of carbonyl (C=O) groups is 2. The van der Waals surface area contributed by atoms with Gasteiger partial charge in [-0.3, -0.25) is 8.98 Å². The van der Waals surface area contributed by atoms with Crippen LogP contribution in [0.4, 0.5) is 0 Å². The molecule has 8 aromatic rings. The molecule has 0 fully saturated rings. The second-order valence-electron chi connectivity index (χ2n) is 18.5. The van der Waals surface area contributed by atoms with Gasteiger partial charge in [0.25, 0.3) is 20.1 Å². The Balaban J connectivity index is 0.794. The molecule has 2 heterocycles. The first-order valence-corrected chi connectivity index (χ1v) is 29.0. The maximum Gasteiger partial charge on any atom is 0.331 e. The first-order chi connectivity index (χ1) is 39.0. The third kappa shape index (κ3) is 15.6. The maximum atomic E-state index is 14.6. The van der Waals surface area contributed by atoms with Crippen LogP contribution in [0.3, 0.4) is 0 Å². The van der Waals surface area contributed by atoms with Gasteiger partial charge in [-0.05, 0) is 103 Å². The number of fused-ring (bicyclic) bond motifs is 1. The molecule has 24 heteroatoms. The molecular weight excluding hydrogens is 1100 g/mol. The summed E-state index contributed by atoms with van der Waals surface area (Å²) >= 11 is 0.973.